The van der Waals surface area contributed by atoms with E-state index in [1.165, 1.54) is 0 Å². The third-order valence-corrected chi connectivity index (χ3v) is 2.62. The van der Waals surface area contributed by atoms with Gasteiger partial charge in [-0.1, -0.05) is 13.8 Å². The fourth-order valence-corrected chi connectivity index (χ4v) is 1.53. The summed E-state index contributed by atoms with van der Waals surface area (Å²) < 4.78 is 5.22. The van der Waals surface area contributed by atoms with E-state index in [1.807, 2.05) is 34.6 Å². The van der Waals surface area contributed by atoms with Crippen molar-refractivity contribution in [3.63, 3.8) is 0 Å². The zero-order valence-corrected chi connectivity index (χ0v) is 13.2. The summed E-state index contributed by atoms with van der Waals surface area (Å²) in [6.07, 6.45) is 0.300. The van der Waals surface area contributed by atoms with Gasteiger partial charge in [0.15, 0.2) is 0 Å². The number of amides is 1. The number of nitrogens with one attached hydrogen (secondary N) is 2. The lowest BCUT2D eigenvalue weighted by atomic mass is 10.0. The maximum Gasteiger partial charge on any atom is 0.407 e. The van der Waals surface area contributed by atoms with Crippen LogP contribution in [0.2, 0.25) is 0 Å². The zero-order valence-electron chi connectivity index (χ0n) is 13.2. The molecule has 3 N–H and O–H groups in total. The number of carbonyl (C=O) groups excluding carboxylic acids is 1. The standard InChI is InChI=1S/C14H28N2O4/c1-10(2)11(9-15-8-6-7-12(17)18)16-13(19)20-14(3,4)5/h10-11,15H,6-9H2,1-5H3,(H,16,19)(H,17,18)/t11-/m1/s1. The molecule has 0 bridgehead atoms. The van der Waals surface area contributed by atoms with Gasteiger partial charge in [0.25, 0.3) is 0 Å². The second-order valence-corrected chi connectivity index (χ2v) is 6.20. The monoisotopic (exact) mass is 288 g/mol. The van der Waals surface area contributed by atoms with Crippen molar-refractivity contribution < 1.29 is 19.4 Å². The van der Waals surface area contributed by atoms with Crippen LogP contribution in [-0.4, -0.2) is 41.9 Å². The molecule has 0 aromatic carbocycles. The molecule has 0 unspecified atom stereocenters. The van der Waals surface area contributed by atoms with Crippen molar-refractivity contribution in [1.82, 2.24) is 10.6 Å². The summed E-state index contributed by atoms with van der Waals surface area (Å²) in [4.78, 5) is 22.1. The highest BCUT2D eigenvalue weighted by molar-refractivity contribution is 5.68. The number of rotatable bonds is 8. The lowest BCUT2D eigenvalue weighted by Gasteiger charge is -2.26. The van der Waals surface area contributed by atoms with Crippen molar-refractivity contribution in [1.29, 1.82) is 0 Å². The zero-order chi connectivity index (χ0) is 15.8. The van der Waals surface area contributed by atoms with Crippen molar-refractivity contribution in [2.24, 2.45) is 5.92 Å². The molecular weight excluding hydrogens is 260 g/mol. The number of carbonyl (C=O) groups is 2. The smallest absolute Gasteiger partial charge is 0.407 e. The number of alkyl carbamates (subject to hydrolysis) is 1. The third-order valence-electron chi connectivity index (χ3n) is 2.62. The van der Waals surface area contributed by atoms with Gasteiger partial charge in [0.2, 0.25) is 0 Å². The highest BCUT2D eigenvalue weighted by Gasteiger charge is 2.21. The second kappa shape index (κ2) is 8.79. The Labute approximate surface area is 121 Å². The lowest BCUT2D eigenvalue weighted by Crippen LogP contribution is -2.47. The Morgan fingerprint density at radius 3 is 2.30 bits per heavy atom. The van der Waals surface area contributed by atoms with Crippen LogP contribution in [0.4, 0.5) is 4.79 Å². The van der Waals surface area contributed by atoms with Crippen LogP contribution in [0.3, 0.4) is 0 Å². The van der Waals surface area contributed by atoms with E-state index in [9.17, 15) is 9.59 Å². The Balaban J connectivity index is 4.05. The molecule has 0 aliphatic heterocycles. The summed E-state index contributed by atoms with van der Waals surface area (Å²) in [6.45, 7) is 10.7. The summed E-state index contributed by atoms with van der Waals surface area (Å²) >= 11 is 0. The van der Waals surface area contributed by atoms with Crippen LogP contribution in [0.15, 0.2) is 0 Å². The molecule has 0 aliphatic carbocycles. The Morgan fingerprint density at radius 1 is 1.25 bits per heavy atom. The van der Waals surface area contributed by atoms with Crippen molar-refractivity contribution in [3.05, 3.63) is 0 Å². The minimum atomic E-state index is -0.793. The average molecular weight is 288 g/mol. The average Bonchev–Trinajstić information content (AvgIpc) is 2.23. The van der Waals surface area contributed by atoms with Crippen LogP contribution in [0.25, 0.3) is 0 Å². The molecule has 0 heterocycles. The van der Waals surface area contributed by atoms with Gasteiger partial charge >= 0.3 is 12.1 Å². The van der Waals surface area contributed by atoms with E-state index in [2.05, 4.69) is 10.6 Å². The van der Waals surface area contributed by atoms with Gasteiger partial charge in [-0.25, -0.2) is 4.79 Å². The van der Waals surface area contributed by atoms with E-state index in [0.717, 1.165) is 0 Å². The van der Waals surface area contributed by atoms with E-state index in [4.69, 9.17) is 9.84 Å². The van der Waals surface area contributed by atoms with Gasteiger partial charge in [0.05, 0.1) is 0 Å². The van der Waals surface area contributed by atoms with Crippen LogP contribution in [0.5, 0.6) is 0 Å². The summed E-state index contributed by atoms with van der Waals surface area (Å²) in [5, 5.41) is 14.5. The quantitative estimate of drug-likeness (QED) is 0.594. The summed E-state index contributed by atoms with van der Waals surface area (Å²) in [7, 11) is 0. The SMILES string of the molecule is CC(C)[C@@H](CNCCCC(=O)O)NC(=O)OC(C)(C)C. The molecule has 1 atom stereocenters. The second-order valence-electron chi connectivity index (χ2n) is 6.20. The van der Waals surface area contributed by atoms with Gasteiger partial charge in [-0.3, -0.25) is 4.79 Å². The third kappa shape index (κ3) is 10.6. The van der Waals surface area contributed by atoms with E-state index in [1.54, 1.807) is 0 Å². The van der Waals surface area contributed by atoms with Crippen molar-refractivity contribution in [3.8, 4) is 0 Å². The van der Waals surface area contributed by atoms with Crippen LogP contribution in [0, 0.1) is 5.92 Å². The Morgan fingerprint density at radius 2 is 1.85 bits per heavy atom. The number of carboxylic acids is 1. The van der Waals surface area contributed by atoms with E-state index < -0.39 is 17.7 Å². The molecular formula is C14H28N2O4. The predicted octanol–water partition coefficient (Wildman–Crippen LogP) is 1.99. The summed E-state index contributed by atoms with van der Waals surface area (Å²) in [6, 6.07) is -0.0466. The molecule has 118 valence electrons. The van der Waals surface area contributed by atoms with Gasteiger partial charge in [0, 0.05) is 19.0 Å². The fourth-order valence-electron chi connectivity index (χ4n) is 1.53. The molecule has 20 heavy (non-hydrogen) atoms. The first kappa shape index (κ1) is 18.7. The first-order valence-corrected chi connectivity index (χ1v) is 7.04. The molecule has 0 saturated carbocycles. The maximum atomic E-state index is 11.7. The molecule has 0 radical (unpaired) electrons. The van der Waals surface area contributed by atoms with Crippen LogP contribution in [0.1, 0.15) is 47.5 Å². The van der Waals surface area contributed by atoms with Crippen LogP contribution < -0.4 is 10.6 Å². The fraction of sp³-hybridized carbons (Fsp3) is 0.857. The largest absolute Gasteiger partial charge is 0.481 e. The molecule has 0 rings (SSSR count). The number of aliphatic carboxylic acids is 1. The van der Waals surface area contributed by atoms with Crippen molar-refractivity contribution in [2.45, 2.75) is 59.1 Å². The molecule has 6 nitrogen and oxygen atoms in total. The number of hydrogen-bond acceptors (Lipinski definition) is 4. The maximum absolute atomic E-state index is 11.7. The Bertz CT molecular complexity index is 311. The number of ether oxygens (including phenoxy) is 1. The minimum absolute atomic E-state index is 0.0466. The molecule has 6 heteroatoms. The molecule has 0 saturated heterocycles. The van der Waals surface area contributed by atoms with Gasteiger partial charge in [-0.15, -0.1) is 0 Å². The summed E-state index contributed by atoms with van der Waals surface area (Å²) in [5.41, 5.74) is -0.513. The molecule has 0 fully saturated rings. The van der Waals surface area contributed by atoms with E-state index in [0.29, 0.717) is 19.5 Å². The van der Waals surface area contributed by atoms with E-state index in [-0.39, 0.29) is 18.4 Å². The van der Waals surface area contributed by atoms with Gasteiger partial charge < -0.3 is 20.5 Å². The van der Waals surface area contributed by atoms with Gasteiger partial charge in [-0.2, -0.15) is 0 Å². The highest BCUT2D eigenvalue weighted by atomic mass is 16.6. The number of hydrogen-bond donors (Lipinski definition) is 3. The van der Waals surface area contributed by atoms with Crippen LogP contribution >= 0.6 is 0 Å². The van der Waals surface area contributed by atoms with E-state index >= 15 is 0 Å². The molecule has 0 aliphatic rings. The lowest BCUT2D eigenvalue weighted by molar-refractivity contribution is -0.137. The normalized spacial score (nSPS) is 13.1. The minimum Gasteiger partial charge on any atom is -0.481 e. The summed E-state index contributed by atoms with van der Waals surface area (Å²) in [5.74, 6) is -0.534. The Hall–Kier alpha value is -1.30. The predicted molar refractivity (Wildman–Crippen MR) is 77.7 cm³/mol. The first-order chi connectivity index (χ1) is 9.11. The molecule has 0 aromatic heterocycles. The van der Waals surface area contributed by atoms with Crippen molar-refractivity contribution >= 4 is 12.1 Å². The van der Waals surface area contributed by atoms with Crippen molar-refractivity contribution in [2.75, 3.05) is 13.1 Å². The number of carboxylic acid groups (broad SMARTS) is 1. The first-order valence-electron chi connectivity index (χ1n) is 7.04. The highest BCUT2D eigenvalue weighted by Crippen LogP contribution is 2.08. The molecule has 1 amide bonds. The van der Waals surface area contributed by atoms with Crippen LogP contribution in [-0.2, 0) is 9.53 Å². The molecule has 0 aromatic rings. The topological polar surface area (TPSA) is 87.7 Å². The Kier molecular flexibility index (Phi) is 8.22. The van der Waals surface area contributed by atoms with Gasteiger partial charge in [0.1, 0.15) is 5.60 Å². The van der Waals surface area contributed by atoms with Gasteiger partial charge in [-0.05, 0) is 39.7 Å². The molecule has 0 spiro atoms.